The maximum absolute atomic E-state index is 13.2. The normalized spacial score (nSPS) is 14.0. The lowest BCUT2D eigenvalue weighted by Gasteiger charge is -2.18. The lowest BCUT2D eigenvalue weighted by Crippen LogP contribution is -2.28. The van der Waals surface area contributed by atoms with E-state index in [2.05, 4.69) is 30.8 Å². The van der Waals surface area contributed by atoms with Crippen molar-refractivity contribution in [2.24, 2.45) is 5.92 Å². The number of ether oxygens (including phenoxy) is 1. The van der Waals surface area contributed by atoms with E-state index in [0.717, 1.165) is 35.7 Å². The monoisotopic (exact) mass is 650 g/mol. The van der Waals surface area contributed by atoms with E-state index in [-0.39, 0.29) is 11.9 Å². The Hall–Kier alpha value is -2.14. The Morgan fingerprint density at radius 1 is 1.09 bits per heavy atom. The summed E-state index contributed by atoms with van der Waals surface area (Å²) in [4.78, 5) is 30.5. The van der Waals surface area contributed by atoms with Crippen molar-refractivity contribution in [2.45, 2.75) is 123 Å². The van der Waals surface area contributed by atoms with Gasteiger partial charge in [-0.25, -0.2) is 18.7 Å². The Morgan fingerprint density at radius 2 is 1.77 bits per heavy atom. The van der Waals surface area contributed by atoms with Crippen molar-refractivity contribution in [1.82, 2.24) is 14.6 Å². The van der Waals surface area contributed by atoms with Gasteiger partial charge in [-0.2, -0.15) is 0 Å². The summed E-state index contributed by atoms with van der Waals surface area (Å²) < 4.78 is 21.4. The quantitative estimate of drug-likeness (QED) is 0.225. The Kier molecular flexibility index (Phi) is 20.3. The number of hydrogen-bond donors (Lipinski definition) is 2. The van der Waals surface area contributed by atoms with Crippen LogP contribution >= 0.6 is 11.3 Å². The number of nitrogens with zero attached hydrogens (tertiary/aromatic N) is 2. The molecule has 0 bridgehead atoms. The number of amides is 1. The number of anilines is 1. The number of likely N-dealkylation sites (N-methyl/N-ethyl adjacent to an activating group) is 1. The molecule has 1 aromatic heterocycles. The molecule has 1 heterocycles. The van der Waals surface area contributed by atoms with Crippen molar-refractivity contribution < 1.29 is 18.5 Å². The largest absolute Gasteiger partial charge is 0.447 e. The molecule has 1 fully saturated rings. The molecule has 0 aliphatic heterocycles. The number of benzene rings is 1. The van der Waals surface area contributed by atoms with Gasteiger partial charge in [0, 0.05) is 42.9 Å². The number of carbonyl (C=O) groups is 2. The van der Waals surface area contributed by atoms with Crippen LogP contribution in [0.5, 0.6) is 0 Å². The molecule has 1 aliphatic rings. The molecule has 1 aromatic carbocycles. The van der Waals surface area contributed by atoms with Crippen molar-refractivity contribution in [2.75, 3.05) is 32.5 Å². The van der Waals surface area contributed by atoms with Gasteiger partial charge in [-0.05, 0) is 72.2 Å². The second kappa shape index (κ2) is 22.4. The van der Waals surface area contributed by atoms with Crippen molar-refractivity contribution >= 4 is 39.9 Å². The molecular weight excluding hydrogens is 593 g/mol. The number of carbonyl (C=O) groups excluding carboxylic acids is 2. The molecule has 250 valence electrons. The van der Waals surface area contributed by atoms with Crippen LogP contribution in [0.1, 0.15) is 117 Å². The van der Waals surface area contributed by atoms with Gasteiger partial charge in [-0.15, -0.1) is 11.3 Å². The lowest BCUT2D eigenvalue weighted by atomic mass is 9.90. The number of ketones is 1. The van der Waals surface area contributed by atoms with E-state index in [1.807, 2.05) is 44.2 Å². The van der Waals surface area contributed by atoms with Crippen LogP contribution in [-0.2, 0) is 20.5 Å². The summed E-state index contributed by atoms with van der Waals surface area (Å²) in [5.74, 6) is 1.72. The molecule has 2 aromatic rings. The second-order valence-corrected chi connectivity index (χ2v) is 14.6. The van der Waals surface area contributed by atoms with Crippen molar-refractivity contribution in [1.29, 1.82) is 0 Å². The van der Waals surface area contributed by atoms with Crippen LogP contribution in [0.15, 0.2) is 29.3 Å². The van der Waals surface area contributed by atoms with Gasteiger partial charge in [0.15, 0.2) is 0 Å². The zero-order valence-electron chi connectivity index (χ0n) is 28.7. The zero-order chi connectivity index (χ0) is 33.1. The van der Waals surface area contributed by atoms with Gasteiger partial charge < -0.3 is 14.4 Å². The first kappa shape index (κ1) is 39.9. The van der Waals surface area contributed by atoms with E-state index in [0.29, 0.717) is 23.0 Å². The van der Waals surface area contributed by atoms with Gasteiger partial charge in [0.05, 0.1) is 20.9 Å². The molecule has 1 aliphatic carbocycles. The Bertz CT molecular complexity index is 1130. The first-order chi connectivity index (χ1) is 20.9. The molecular formula is C34H58N4O4S2. The summed E-state index contributed by atoms with van der Waals surface area (Å²) in [5, 5.41) is 3.90. The summed E-state index contributed by atoms with van der Waals surface area (Å²) in [6.07, 6.45) is 11.8. The number of thiazole rings is 1. The minimum Gasteiger partial charge on any atom is -0.447 e. The molecule has 0 saturated heterocycles. The Morgan fingerprint density at radius 3 is 2.27 bits per heavy atom. The zero-order valence-corrected chi connectivity index (χ0v) is 30.3. The molecule has 44 heavy (non-hydrogen) atoms. The second-order valence-electron chi connectivity index (χ2n) is 12.3. The Labute approximate surface area is 273 Å². The summed E-state index contributed by atoms with van der Waals surface area (Å²) in [7, 11) is 2.52. The van der Waals surface area contributed by atoms with Gasteiger partial charge in [0.1, 0.15) is 16.8 Å². The minimum atomic E-state index is -1.43. The fraction of sp³-hybridized carbons (Fsp3) is 0.676. The van der Waals surface area contributed by atoms with Gasteiger partial charge in [0.25, 0.3) is 0 Å². The summed E-state index contributed by atoms with van der Waals surface area (Å²) >= 11 is 1.69. The molecule has 0 radical (unpaired) electrons. The van der Waals surface area contributed by atoms with Gasteiger partial charge in [0.2, 0.25) is 0 Å². The van der Waals surface area contributed by atoms with Gasteiger partial charge in [-0.3, -0.25) is 5.32 Å². The third-order valence-corrected chi connectivity index (χ3v) is 9.17. The number of aromatic nitrogens is 1. The predicted molar refractivity (Wildman–Crippen MR) is 187 cm³/mol. The minimum absolute atomic E-state index is 0.217. The average molecular weight is 651 g/mol. The van der Waals surface area contributed by atoms with Crippen LogP contribution < -0.4 is 10.0 Å². The van der Waals surface area contributed by atoms with Crippen LogP contribution in [0.4, 0.5) is 10.5 Å². The highest BCUT2D eigenvalue weighted by Crippen LogP contribution is 2.39. The summed E-state index contributed by atoms with van der Waals surface area (Å²) in [6, 6.07) is 5.48. The fourth-order valence-electron chi connectivity index (χ4n) is 4.64. The van der Waals surface area contributed by atoms with E-state index < -0.39 is 17.1 Å². The number of Topliss-reactive ketones (excluding diaryl/α,β-unsaturated/α-hetero) is 1. The van der Waals surface area contributed by atoms with Crippen molar-refractivity contribution in [3.63, 3.8) is 0 Å². The van der Waals surface area contributed by atoms with Gasteiger partial charge >= 0.3 is 6.09 Å². The van der Waals surface area contributed by atoms with E-state index in [1.54, 1.807) is 38.2 Å². The van der Waals surface area contributed by atoms with E-state index >= 15 is 0 Å². The highest BCUT2D eigenvalue weighted by atomic mass is 32.2. The number of hydrogen-bond acceptors (Lipinski definition) is 7. The Balaban J connectivity index is 0.000000681. The topological polar surface area (TPSA) is 101 Å². The molecule has 1 unspecified atom stereocenters. The van der Waals surface area contributed by atoms with E-state index in [1.165, 1.54) is 50.0 Å². The van der Waals surface area contributed by atoms with Crippen LogP contribution in [0.2, 0.25) is 0 Å². The molecule has 1 atom stereocenters. The summed E-state index contributed by atoms with van der Waals surface area (Å²) in [5.41, 5.74) is 1.43. The molecule has 1 amide bonds. The number of nitrogens with one attached hydrogen (secondary N) is 2. The third-order valence-electron chi connectivity index (χ3n) is 6.77. The molecule has 2 N–H and O–H groups in total. The van der Waals surface area contributed by atoms with Crippen LogP contribution in [0.3, 0.4) is 0 Å². The molecule has 8 nitrogen and oxygen atoms in total. The maximum Gasteiger partial charge on any atom is 0.411 e. The van der Waals surface area contributed by atoms with E-state index in [9.17, 15) is 13.8 Å². The smallest absolute Gasteiger partial charge is 0.411 e. The molecule has 1 saturated carbocycles. The van der Waals surface area contributed by atoms with Crippen molar-refractivity contribution in [3.8, 4) is 10.4 Å². The van der Waals surface area contributed by atoms with Crippen molar-refractivity contribution in [3.05, 3.63) is 29.4 Å². The number of rotatable bonds is 13. The van der Waals surface area contributed by atoms with Gasteiger partial charge in [-0.1, -0.05) is 65.9 Å². The first-order valence-electron chi connectivity index (χ1n) is 16.2. The standard InChI is InChI=1S/C23H34N4O3S2.C6H14.C5H10O/c1-16(2)30-23(28)26-18-10-11-19(21(14-18)32(29)25-12-13-27(3)4)20-15-24-22(31-20)17-8-6-5-7-9-17;1-4-5-6(2)3;1-3-4-5(2)6/h10-11,14-17,25H,5-9,12-13H2,1-4H3,(H,26,28);6H,4-5H2,1-3H3;3-4H2,1-2H3. The van der Waals surface area contributed by atoms with Crippen LogP contribution in [0.25, 0.3) is 10.4 Å². The lowest BCUT2D eigenvalue weighted by molar-refractivity contribution is -0.117. The molecule has 0 spiro atoms. The fourth-order valence-corrected chi connectivity index (χ4v) is 6.87. The molecule has 3 rings (SSSR count). The summed E-state index contributed by atoms with van der Waals surface area (Å²) in [6.45, 7) is 15.3. The maximum atomic E-state index is 13.2. The first-order valence-corrected chi connectivity index (χ1v) is 18.2. The predicted octanol–water partition coefficient (Wildman–Crippen LogP) is 8.81. The molecule has 10 heteroatoms. The van der Waals surface area contributed by atoms with Crippen LogP contribution in [-0.4, -0.2) is 59.3 Å². The van der Waals surface area contributed by atoms with Crippen LogP contribution in [0, 0.1) is 5.92 Å². The SMILES string of the molecule is CC(C)OC(=O)Nc1ccc(-c2cnc(C3CCCCC3)s2)c(S(=O)NCCN(C)C)c1.CCCC(C)=O.CCCC(C)C. The third kappa shape index (κ3) is 16.8. The van der Waals surface area contributed by atoms with E-state index in [4.69, 9.17) is 9.72 Å². The highest BCUT2D eigenvalue weighted by molar-refractivity contribution is 7.83. The average Bonchev–Trinajstić information content (AvgIpc) is 3.43. The highest BCUT2D eigenvalue weighted by Gasteiger charge is 2.21.